The molecular weight excluding hydrogens is 420 g/mol. The van der Waals surface area contributed by atoms with E-state index < -0.39 is 4.92 Å². The number of benzene rings is 2. The largest absolute Gasteiger partial charge is 0.497 e. The smallest absolute Gasteiger partial charge is 0.269 e. The first-order valence-electron chi connectivity index (χ1n) is 10.8. The van der Waals surface area contributed by atoms with Crippen molar-refractivity contribution in [2.45, 2.75) is 32.6 Å². The van der Waals surface area contributed by atoms with Crippen molar-refractivity contribution in [3.05, 3.63) is 81.0 Å². The van der Waals surface area contributed by atoms with Crippen LogP contribution in [0.2, 0.25) is 0 Å². The number of aromatic nitrogens is 2. The lowest BCUT2D eigenvalue weighted by molar-refractivity contribution is -0.384. The molecule has 0 saturated carbocycles. The van der Waals surface area contributed by atoms with Crippen LogP contribution in [0.4, 0.5) is 11.5 Å². The van der Waals surface area contributed by atoms with Gasteiger partial charge in [0.15, 0.2) is 11.6 Å². The monoisotopic (exact) mass is 444 g/mol. The van der Waals surface area contributed by atoms with Crippen LogP contribution in [0.3, 0.4) is 0 Å². The van der Waals surface area contributed by atoms with E-state index in [2.05, 4.69) is 29.4 Å². The summed E-state index contributed by atoms with van der Waals surface area (Å²) in [6, 6.07) is 14.1. The first-order valence-corrected chi connectivity index (χ1v) is 10.8. The predicted molar refractivity (Wildman–Crippen MR) is 124 cm³/mol. The Labute approximate surface area is 190 Å². The number of nitro benzene ring substituents is 1. The molecule has 1 aliphatic carbocycles. The number of aromatic amines is 1. The van der Waals surface area contributed by atoms with E-state index in [1.54, 1.807) is 19.2 Å². The van der Waals surface area contributed by atoms with E-state index in [1.165, 1.54) is 12.1 Å². The van der Waals surface area contributed by atoms with E-state index in [1.807, 2.05) is 24.3 Å². The van der Waals surface area contributed by atoms with Gasteiger partial charge in [0.05, 0.1) is 17.7 Å². The van der Waals surface area contributed by atoms with Crippen LogP contribution in [0.15, 0.2) is 59.8 Å². The second-order valence-electron chi connectivity index (χ2n) is 9.33. The lowest BCUT2D eigenvalue weighted by atomic mass is 9.69. The van der Waals surface area contributed by atoms with E-state index in [-0.39, 0.29) is 22.8 Å². The fourth-order valence-corrected chi connectivity index (χ4v) is 4.90. The minimum atomic E-state index is -0.423. The van der Waals surface area contributed by atoms with Crippen LogP contribution in [-0.2, 0) is 4.79 Å². The molecule has 2 aliphatic rings. The molecule has 0 amide bonds. The number of fused-ring (bicyclic) bond motifs is 1. The zero-order valence-electron chi connectivity index (χ0n) is 18.6. The van der Waals surface area contributed by atoms with Gasteiger partial charge in [-0.25, -0.2) is 0 Å². The number of rotatable bonds is 4. The van der Waals surface area contributed by atoms with Crippen molar-refractivity contribution in [1.82, 2.24) is 10.2 Å². The van der Waals surface area contributed by atoms with Gasteiger partial charge in [0.25, 0.3) is 5.69 Å². The summed E-state index contributed by atoms with van der Waals surface area (Å²) in [4.78, 5) is 24.1. The second-order valence-corrected chi connectivity index (χ2v) is 9.33. The van der Waals surface area contributed by atoms with Crippen molar-refractivity contribution in [2.24, 2.45) is 5.41 Å². The van der Waals surface area contributed by atoms with Gasteiger partial charge in [-0.2, -0.15) is 5.10 Å². The number of carbonyl (C=O) groups is 1. The Morgan fingerprint density at radius 2 is 1.79 bits per heavy atom. The molecule has 168 valence electrons. The summed E-state index contributed by atoms with van der Waals surface area (Å²) in [5, 5.41) is 22.1. The minimum Gasteiger partial charge on any atom is -0.497 e. The number of hydrogen-bond donors (Lipinski definition) is 2. The molecule has 1 aromatic heterocycles. The number of ketones is 1. The Kier molecular flexibility index (Phi) is 4.81. The number of nitro groups is 1. The molecule has 33 heavy (non-hydrogen) atoms. The summed E-state index contributed by atoms with van der Waals surface area (Å²) in [6.45, 7) is 4.20. The standard InChI is InChI=1S/C25H24N4O4/c1-25(2)12-18-21(19(30)13-25)20(14-6-10-17(33-3)11-7-14)22-23(27-28-24(22)26-18)15-4-8-16(9-5-15)29(31)32/h4-11,20H,12-13H2,1-3H3,(H2,26,27,28)/t20-/m0/s1. The molecule has 0 unspecified atom stereocenters. The average Bonchev–Trinajstić information content (AvgIpc) is 3.20. The summed E-state index contributed by atoms with van der Waals surface area (Å²) < 4.78 is 5.32. The maximum Gasteiger partial charge on any atom is 0.269 e. The number of allylic oxidation sites excluding steroid dienone is 2. The summed E-state index contributed by atoms with van der Waals surface area (Å²) in [5.41, 5.74) is 4.88. The number of non-ortho nitro benzene ring substituents is 1. The third kappa shape index (κ3) is 3.57. The van der Waals surface area contributed by atoms with Crippen LogP contribution in [0.25, 0.3) is 11.3 Å². The van der Waals surface area contributed by atoms with Crippen molar-refractivity contribution < 1.29 is 14.5 Å². The maximum absolute atomic E-state index is 13.4. The molecule has 8 nitrogen and oxygen atoms in total. The molecule has 2 heterocycles. The second kappa shape index (κ2) is 7.58. The van der Waals surface area contributed by atoms with Crippen LogP contribution in [-0.4, -0.2) is 28.0 Å². The summed E-state index contributed by atoms with van der Waals surface area (Å²) in [7, 11) is 1.62. The fourth-order valence-electron chi connectivity index (χ4n) is 4.90. The molecule has 0 spiro atoms. The van der Waals surface area contributed by atoms with Crippen molar-refractivity contribution >= 4 is 17.3 Å². The molecule has 5 rings (SSSR count). The molecule has 0 bridgehead atoms. The van der Waals surface area contributed by atoms with Crippen molar-refractivity contribution in [1.29, 1.82) is 0 Å². The lowest BCUT2D eigenvalue weighted by Crippen LogP contribution is -2.33. The Morgan fingerprint density at radius 3 is 2.42 bits per heavy atom. The number of carbonyl (C=O) groups excluding carboxylic acids is 1. The van der Waals surface area contributed by atoms with Crippen molar-refractivity contribution in [3.63, 3.8) is 0 Å². The highest BCUT2D eigenvalue weighted by molar-refractivity contribution is 6.02. The fraction of sp³-hybridized carbons (Fsp3) is 0.280. The quantitative estimate of drug-likeness (QED) is 0.423. The molecule has 8 heteroatoms. The van der Waals surface area contributed by atoms with Gasteiger partial charge < -0.3 is 10.1 Å². The molecule has 0 radical (unpaired) electrons. The highest BCUT2D eigenvalue weighted by Gasteiger charge is 2.42. The Hall–Kier alpha value is -3.94. The Balaban J connectivity index is 1.69. The molecule has 0 fully saturated rings. The topological polar surface area (TPSA) is 110 Å². The molecule has 0 saturated heterocycles. The molecule has 1 aliphatic heterocycles. The van der Waals surface area contributed by atoms with Crippen LogP contribution >= 0.6 is 0 Å². The number of anilines is 1. The third-order valence-corrected chi connectivity index (χ3v) is 6.39. The predicted octanol–water partition coefficient (Wildman–Crippen LogP) is 5.19. The van der Waals surface area contributed by atoms with Crippen molar-refractivity contribution in [2.75, 3.05) is 12.4 Å². The molecule has 2 aromatic carbocycles. The van der Waals surface area contributed by atoms with Gasteiger partial charge in [0.2, 0.25) is 0 Å². The van der Waals surface area contributed by atoms with E-state index >= 15 is 0 Å². The molecule has 2 N–H and O–H groups in total. The SMILES string of the molecule is COc1ccc([C@H]2C3=C(CC(C)(C)CC3=O)Nc3n[nH]c(-c4ccc([N+](=O)[O-])cc4)c32)cc1. The van der Waals surface area contributed by atoms with Crippen LogP contribution in [0, 0.1) is 15.5 Å². The number of hydrogen-bond acceptors (Lipinski definition) is 6. The van der Waals surface area contributed by atoms with E-state index in [0.29, 0.717) is 12.2 Å². The Morgan fingerprint density at radius 1 is 1.09 bits per heavy atom. The Bertz CT molecular complexity index is 1290. The molecule has 1 atom stereocenters. The van der Waals surface area contributed by atoms with Crippen LogP contribution in [0.1, 0.15) is 43.7 Å². The number of nitrogens with one attached hydrogen (secondary N) is 2. The average molecular weight is 444 g/mol. The van der Waals surface area contributed by atoms with Gasteiger partial charge in [-0.15, -0.1) is 0 Å². The van der Waals surface area contributed by atoms with Gasteiger partial charge in [-0.3, -0.25) is 20.0 Å². The zero-order valence-corrected chi connectivity index (χ0v) is 18.6. The van der Waals surface area contributed by atoms with Gasteiger partial charge >= 0.3 is 0 Å². The van der Waals surface area contributed by atoms with E-state index in [4.69, 9.17) is 4.74 Å². The summed E-state index contributed by atoms with van der Waals surface area (Å²) in [6.07, 6.45) is 1.22. The number of Topliss-reactive ketones (excluding diaryl/α,β-unsaturated/α-hetero) is 1. The minimum absolute atomic E-state index is 0.0200. The molecule has 3 aromatic rings. The van der Waals surface area contributed by atoms with Gasteiger partial charge in [-0.05, 0) is 41.7 Å². The highest BCUT2D eigenvalue weighted by Crippen LogP contribution is 2.51. The van der Waals surface area contributed by atoms with Gasteiger partial charge in [-0.1, -0.05) is 26.0 Å². The summed E-state index contributed by atoms with van der Waals surface area (Å²) in [5.74, 6) is 1.22. The van der Waals surface area contributed by atoms with Gasteiger partial charge in [0, 0.05) is 46.9 Å². The first kappa shape index (κ1) is 20.9. The number of ether oxygens (including phenoxy) is 1. The lowest BCUT2D eigenvalue weighted by Gasteiger charge is -2.38. The normalized spacial score (nSPS) is 18.9. The maximum atomic E-state index is 13.4. The van der Waals surface area contributed by atoms with Crippen LogP contribution < -0.4 is 10.1 Å². The number of methoxy groups -OCH3 is 1. The van der Waals surface area contributed by atoms with Gasteiger partial charge in [0.1, 0.15) is 5.75 Å². The van der Waals surface area contributed by atoms with E-state index in [9.17, 15) is 14.9 Å². The van der Waals surface area contributed by atoms with E-state index in [0.717, 1.165) is 45.8 Å². The third-order valence-electron chi connectivity index (χ3n) is 6.39. The number of H-pyrrole nitrogens is 1. The zero-order chi connectivity index (χ0) is 23.3. The van der Waals surface area contributed by atoms with Crippen molar-refractivity contribution in [3.8, 4) is 17.0 Å². The molecular formula is C25H24N4O4. The summed E-state index contributed by atoms with van der Waals surface area (Å²) >= 11 is 0. The number of nitrogens with zero attached hydrogens (tertiary/aromatic N) is 2. The first-order chi connectivity index (χ1) is 15.8. The highest BCUT2D eigenvalue weighted by atomic mass is 16.6. The van der Waals surface area contributed by atoms with Crippen LogP contribution in [0.5, 0.6) is 5.75 Å².